The lowest BCUT2D eigenvalue weighted by molar-refractivity contribution is -0.116. The molecule has 0 radical (unpaired) electrons. The van der Waals surface area contributed by atoms with Crippen LogP contribution < -0.4 is 16.2 Å². The van der Waals surface area contributed by atoms with Gasteiger partial charge in [-0.05, 0) is 76.9 Å². The molecule has 1 saturated heterocycles. The largest absolute Gasteiger partial charge is 0.326 e. The number of aryl methyl sites for hydroxylation is 2. The maximum Gasteiger partial charge on any atom is 0.225 e. The maximum atomic E-state index is 12.1. The number of hydrogen-bond acceptors (Lipinski definition) is 4. The van der Waals surface area contributed by atoms with Gasteiger partial charge in [-0.15, -0.1) is 0 Å². The van der Waals surface area contributed by atoms with Gasteiger partial charge in [0.15, 0.2) is 0 Å². The molecule has 1 aromatic rings. The zero-order valence-electron chi connectivity index (χ0n) is 15.6. The molecule has 2 unspecified atom stereocenters. The number of amides is 1. The third-order valence-electron chi connectivity index (χ3n) is 5.18. The molecule has 0 saturated carbocycles. The average Bonchev–Trinajstić information content (AvgIpc) is 2.85. The van der Waals surface area contributed by atoms with Crippen LogP contribution in [0.1, 0.15) is 37.8 Å². The molecule has 1 aliphatic rings. The Labute approximate surface area is 146 Å². The average molecular weight is 332 g/mol. The van der Waals surface area contributed by atoms with Crippen LogP contribution in [0.5, 0.6) is 0 Å². The fraction of sp³-hybridized carbons (Fsp3) is 0.632. The predicted octanol–water partition coefficient (Wildman–Crippen LogP) is 2.45. The van der Waals surface area contributed by atoms with E-state index in [1.165, 1.54) is 11.1 Å². The van der Waals surface area contributed by atoms with Crippen LogP contribution in [0.4, 0.5) is 5.69 Å². The van der Waals surface area contributed by atoms with E-state index in [1.807, 2.05) is 18.2 Å². The summed E-state index contributed by atoms with van der Waals surface area (Å²) < 4.78 is 0. The Balaban J connectivity index is 1.70. The lowest BCUT2D eigenvalue weighted by atomic mass is 9.93. The SMILES string of the molecule is Cc1ccc(NC(=O)CCN(C)CCC2C(C)NNC2C)cc1C. The second-order valence-electron chi connectivity index (χ2n) is 7.22. The molecule has 1 fully saturated rings. The van der Waals surface area contributed by atoms with E-state index in [1.54, 1.807) is 0 Å². The van der Waals surface area contributed by atoms with Crippen molar-refractivity contribution >= 4 is 11.6 Å². The summed E-state index contributed by atoms with van der Waals surface area (Å²) in [4.78, 5) is 14.4. The van der Waals surface area contributed by atoms with Gasteiger partial charge in [0.05, 0.1) is 0 Å². The van der Waals surface area contributed by atoms with E-state index in [0.29, 0.717) is 24.4 Å². The van der Waals surface area contributed by atoms with Gasteiger partial charge in [-0.2, -0.15) is 0 Å². The minimum atomic E-state index is 0.0797. The van der Waals surface area contributed by atoms with E-state index in [2.05, 4.69) is 55.8 Å². The highest BCUT2D eigenvalue weighted by Gasteiger charge is 2.29. The van der Waals surface area contributed by atoms with Crippen LogP contribution in [0.3, 0.4) is 0 Å². The van der Waals surface area contributed by atoms with Crippen LogP contribution in [0.2, 0.25) is 0 Å². The summed E-state index contributed by atoms with van der Waals surface area (Å²) in [6.07, 6.45) is 1.66. The number of anilines is 1. The van der Waals surface area contributed by atoms with Crippen LogP contribution in [0.25, 0.3) is 0 Å². The topological polar surface area (TPSA) is 56.4 Å². The molecule has 0 aromatic heterocycles. The summed E-state index contributed by atoms with van der Waals surface area (Å²) in [5.74, 6) is 0.716. The first kappa shape index (κ1) is 18.9. The highest BCUT2D eigenvalue weighted by Crippen LogP contribution is 2.18. The molecule has 2 rings (SSSR count). The first-order valence-electron chi connectivity index (χ1n) is 8.93. The van der Waals surface area contributed by atoms with Crippen LogP contribution in [0, 0.1) is 19.8 Å². The second kappa shape index (κ2) is 8.60. The Morgan fingerprint density at radius 2 is 1.79 bits per heavy atom. The van der Waals surface area contributed by atoms with E-state index >= 15 is 0 Å². The first-order valence-corrected chi connectivity index (χ1v) is 8.93. The van der Waals surface area contributed by atoms with Crippen molar-refractivity contribution in [3.05, 3.63) is 29.3 Å². The van der Waals surface area contributed by atoms with E-state index < -0.39 is 0 Å². The fourth-order valence-corrected chi connectivity index (χ4v) is 3.23. The van der Waals surface area contributed by atoms with E-state index in [9.17, 15) is 4.79 Å². The minimum absolute atomic E-state index is 0.0797. The van der Waals surface area contributed by atoms with Gasteiger partial charge in [0.1, 0.15) is 0 Å². The number of nitrogens with one attached hydrogen (secondary N) is 3. The molecule has 134 valence electrons. The molecule has 24 heavy (non-hydrogen) atoms. The second-order valence-corrected chi connectivity index (χ2v) is 7.22. The maximum absolute atomic E-state index is 12.1. The van der Waals surface area contributed by atoms with Crippen LogP contribution in [0.15, 0.2) is 18.2 Å². The number of rotatable bonds is 7. The van der Waals surface area contributed by atoms with Crippen molar-refractivity contribution in [3.63, 3.8) is 0 Å². The van der Waals surface area contributed by atoms with Crippen molar-refractivity contribution < 1.29 is 4.79 Å². The third-order valence-corrected chi connectivity index (χ3v) is 5.18. The van der Waals surface area contributed by atoms with E-state index in [4.69, 9.17) is 0 Å². The quantitative estimate of drug-likeness (QED) is 0.718. The summed E-state index contributed by atoms with van der Waals surface area (Å²) in [6, 6.07) is 7.04. The number of carbonyl (C=O) groups excluding carboxylic acids is 1. The van der Waals surface area contributed by atoms with Crippen molar-refractivity contribution in [2.24, 2.45) is 5.92 Å². The van der Waals surface area contributed by atoms with Gasteiger partial charge >= 0.3 is 0 Å². The third kappa shape index (κ3) is 5.30. The van der Waals surface area contributed by atoms with Crippen LogP contribution >= 0.6 is 0 Å². The molecule has 5 nitrogen and oxygen atoms in total. The number of nitrogens with zero attached hydrogens (tertiary/aromatic N) is 1. The van der Waals surface area contributed by atoms with E-state index in [0.717, 1.165) is 25.2 Å². The zero-order chi connectivity index (χ0) is 17.7. The lowest BCUT2D eigenvalue weighted by Crippen LogP contribution is -2.30. The van der Waals surface area contributed by atoms with Gasteiger partial charge in [-0.25, -0.2) is 0 Å². The monoisotopic (exact) mass is 332 g/mol. The molecular formula is C19H32N4O. The minimum Gasteiger partial charge on any atom is -0.326 e. The fourth-order valence-electron chi connectivity index (χ4n) is 3.23. The summed E-state index contributed by atoms with van der Waals surface area (Å²) in [5, 5.41) is 2.99. The van der Waals surface area contributed by atoms with Gasteiger partial charge in [0.25, 0.3) is 0 Å². The van der Waals surface area contributed by atoms with Gasteiger partial charge in [-0.3, -0.25) is 15.6 Å². The molecule has 0 bridgehead atoms. The number of benzene rings is 1. The van der Waals surface area contributed by atoms with E-state index in [-0.39, 0.29) is 5.91 Å². The molecule has 1 aromatic carbocycles. The lowest BCUT2D eigenvalue weighted by Gasteiger charge is -2.22. The summed E-state index contributed by atoms with van der Waals surface area (Å²) >= 11 is 0. The van der Waals surface area contributed by atoms with Crippen molar-refractivity contribution in [1.29, 1.82) is 0 Å². The number of carbonyl (C=O) groups is 1. The molecule has 1 aliphatic heterocycles. The van der Waals surface area contributed by atoms with Crippen molar-refractivity contribution in [2.75, 3.05) is 25.5 Å². The van der Waals surface area contributed by atoms with Crippen molar-refractivity contribution in [2.45, 2.75) is 52.6 Å². The number of hydrazine groups is 1. The van der Waals surface area contributed by atoms with Gasteiger partial charge in [-0.1, -0.05) is 6.07 Å². The molecule has 1 heterocycles. The first-order chi connectivity index (χ1) is 11.4. The highest BCUT2D eigenvalue weighted by atomic mass is 16.1. The standard InChI is InChI=1S/C19H32N4O/c1-13-6-7-17(12-14(13)2)20-19(24)9-11-23(5)10-8-18-15(3)21-22-16(18)4/h6-7,12,15-16,18,21-22H,8-11H2,1-5H3,(H,20,24). The molecular weight excluding hydrogens is 300 g/mol. The predicted molar refractivity (Wildman–Crippen MR) is 100.0 cm³/mol. The number of hydrogen-bond donors (Lipinski definition) is 3. The zero-order valence-corrected chi connectivity index (χ0v) is 15.6. The Bertz CT molecular complexity index is 550. The smallest absolute Gasteiger partial charge is 0.225 e. The van der Waals surface area contributed by atoms with Crippen molar-refractivity contribution in [3.8, 4) is 0 Å². The van der Waals surface area contributed by atoms with Crippen molar-refractivity contribution in [1.82, 2.24) is 15.8 Å². The normalized spacial score (nSPS) is 23.7. The molecule has 2 atom stereocenters. The molecule has 1 amide bonds. The summed E-state index contributed by atoms with van der Waals surface area (Å²) in [5.41, 5.74) is 9.92. The Kier molecular flexibility index (Phi) is 6.78. The Morgan fingerprint density at radius 3 is 2.42 bits per heavy atom. The highest BCUT2D eigenvalue weighted by molar-refractivity contribution is 5.90. The molecule has 5 heteroatoms. The van der Waals surface area contributed by atoms with Gasteiger partial charge < -0.3 is 10.2 Å². The van der Waals surface area contributed by atoms with Crippen LogP contribution in [-0.2, 0) is 4.79 Å². The summed E-state index contributed by atoms with van der Waals surface area (Å²) in [7, 11) is 2.09. The summed E-state index contributed by atoms with van der Waals surface area (Å²) in [6.45, 7) is 10.4. The molecule has 0 aliphatic carbocycles. The molecule has 0 spiro atoms. The Morgan fingerprint density at radius 1 is 1.12 bits per heavy atom. The molecule has 3 N–H and O–H groups in total. The van der Waals surface area contributed by atoms with Gasteiger partial charge in [0.2, 0.25) is 5.91 Å². The van der Waals surface area contributed by atoms with Crippen LogP contribution in [-0.4, -0.2) is 43.0 Å². The Hall–Kier alpha value is -1.43. The van der Waals surface area contributed by atoms with Gasteiger partial charge in [0, 0.05) is 30.7 Å².